The molecule has 3 aromatic rings. The molecule has 3 N–H and O–H groups in total. The van der Waals surface area contributed by atoms with Crippen LogP contribution in [0.25, 0.3) is 22.6 Å². The van der Waals surface area contributed by atoms with Crippen molar-refractivity contribution in [2.24, 2.45) is 0 Å². The number of fused-ring (bicyclic) bond motifs is 1. The van der Waals surface area contributed by atoms with Crippen LogP contribution in [0.15, 0.2) is 36.5 Å². The summed E-state index contributed by atoms with van der Waals surface area (Å²) >= 11 is 0. The quantitative estimate of drug-likeness (QED) is 0.325. The van der Waals surface area contributed by atoms with Gasteiger partial charge in [0, 0.05) is 24.8 Å². The number of amides is 2. The lowest BCUT2D eigenvalue weighted by molar-refractivity contribution is -0.0308. The average Bonchev–Trinajstić information content (AvgIpc) is 3.19. The topological polar surface area (TPSA) is 127 Å². The van der Waals surface area contributed by atoms with Crippen LogP contribution >= 0.6 is 0 Å². The molecule has 2 aromatic heterocycles. The molecule has 2 heterocycles. The number of aromatic amines is 1. The van der Waals surface area contributed by atoms with Crippen LogP contribution in [0.2, 0.25) is 0 Å². The second kappa shape index (κ2) is 11.2. The van der Waals surface area contributed by atoms with Crippen LogP contribution in [0.5, 0.6) is 0 Å². The number of hydrogen-bond donors (Lipinski definition) is 3. The van der Waals surface area contributed by atoms with Crippen LogP contribution in [0.4, 0.5) is 10.5 Å². The van der Waals surface area contributed by atoms with Gasteiger partial charge in [0.1, 0.15) is 12.6 Å². The Morgan fingerprint density at radius 2 is 2.06 bits per heavy atom. The second-order valence-electron chi connectivity index (χ2n) is 7.26. The van der Waals surface area contributed by atoms with E-state index in [1.165, 1.54) is 6.20 Å². The Morgan fingerprint density at radius 3 is 2.84 bits per heavy atom. The van der Waals surface area contributed by atoms with Crippen molar-refractivity contribution < 1.29 is 23.8 Å². The van der Waals surface area contributed by atoms with E-state index < -0.39 is 6.09 Å². The van der Waals surface area contributed by atoms with Gasteiger partial charge in [-0.2, -0.15) is 0 Å². The van der Waals surface area contributed by atoms with Crippen molar-refractivity contribution in [3.8, 4) is 11.4 Å². The van der Waals surface area contributed by atoms with Crippen LogP contribution in [-0.4, -0.2) is 60.1 Å². The van der Waals surface area contributed by atoms with Crippen molar-refractivity contribution >= 4 is 28.9 Å². The molecule has 0 aliphatic rings. The number of carbonyl (C=O) groups is 2. The Kier molecular flexibility index (Phi) is 8.12. The highest BCUT2D eigenvalue weighted by Crippen LogP contribution is 2.22. The molecule has 0 saturated heterocycles. The summed E-state index contributed by atoms with van der Waals surface area (Å²) in [6, 6.07) is 8.87. The molecule has 2 amide bonds. The number of methoxy groups -OCH3 is 1. The van der Waals surface area contributed by atoms with Gasteiger partial charge < -0.3 is 24.5 Å². The molecule has 1 aromatic carbocycles. The van der Waals surface area contributed by atoms with Crippen molar-refractivity contribution in [2.75, 3.05) is 32.4 Å². The number of pyridine rings is 1. The smallest absolute Gasteiger partial charge is 0.411 e. The first-order valence-electron chi connectivity index (χ1n) is 10.2. The van der Waals surface area contributed by atoms with Gasteiger partial charge in [-0.3, -0.25) is 10.1 Å². The monoisotopic (exact) mass is 441 g/mol. The van der Waals surface area contributed by atoms with Crippen molar-refractivity contribution in [1.29, 1.82) is 0 Å². The number of imidazole rings is 1. The van der Waals surface area contributed by atoms with Gasteiger partial charge in [0.15, 0.2) is 5.65 Å². The largest absolute Gasteiger partial charge is 0.447 e. The maximum Gasteiger partial charge on any atom is 0.411 e. The number of aromatic nitrogens is 3. The lowest BCUT2D eigenvalue weighted by Gasteiger charge is -2.08. The highest BCUT2D eigenvalue weighted by Gasteiger charge is 2.12. The molecular formula is C22H27N5O5. The molecule has 10 heteroatoms. The van der Waals surface area contributed by atoms with Gasteiger partial charge in [0.25, 0.3) is 5.91 Å². The molecule has 0 saturated carbocycles. The molecule has 0 atom stereocenters. The SMILES string of the molecule is COCOCCCNC(=O)c1cccc(-c2nc3ncc(NC(=O)OC(C)C)cc3[nH]2)c1. The van der Waals surface area contributed by atoms with Crippen LogP contribution < -0.4 is 10.6 Å². The number of H-pyrrole nitrogens is 1. The molecule has 170 valence electrons. The number of rotatable bonds is 10. The maximum absolute atomic E-state index is 12.4. The highest BCUT2D eigenvalue weighted by molar-refractivity contribution is 5.95. The minimum Gasteiger partial charge on any atom is -0.447 e. The predicted molar refractivity (Wildman–Crippen MR) is 119 cm³/mol. The number of ether oxygens (including phenoxy) is 3. The van der Waals surface area contributed by atoms with E-state index in [0.717, 1.165) is 5.56 Å². The average molecular weight is 441 g/mol. The van der Waals surface area contributed by atoms with Gasteiger partial charge in [0.2, 0.25) is 0 Å². The molecule has 0 radical (unpaired) electrons. The Morgan fingerprint density at radius 1 is 1.22 bits per heavy atom. The molecule has 0 bridgehead atoms. The summed E-state index contributed by atoms with van der Waals surface area (Å²) in [5.74, 6) is 0.389. The summed E-state index contributed by atoms with van der Waals surface area (Å²) in [6.07, 6.45) is 1.42. The van der Waals surface area contributed by atoms with E-state index in [4.69, 9.17) is 14.2 Å². The van der Waals surface area contributed by atoms with Gasteiger partial charge in [-0.25, -0.2) is 14.8 Å². The zero-order chi connectivity index (χ0) is 22.9. The fourth-order valence-corrected chi connectivity index (χ4v) is 2.89. The third-order valence-electron chi connectivity index (χ3n) is 4.28. The normalized spacial score (nSPS) is 11.0. The predicted octanol–water partition coefficient (Wildman–Crippen LogP) is 3.32. The number of nitrogens with zero attached hydrogens (tertiary/aromatic N) is 2. The van der Waals surface area contributed by atoms with Gasteiger partial charge in [-0.15, -0.1) is 0 Å². The fraction of sp³-hybridized carbons (Fsp3) is 0.364. The zero-order valence-electron chi connectivity index (χ0n) is 18.3. The third-order valence-corrected chi connectivity index (χ3v) is 4.28. The number of hydrogen-bond acceptors (Lipinski definition) is 7. The molecule has 0 aliphatic carbocycles. The highest BCUT2D eigenvalue weighted by atomic mass is 16.7. The standard InChI is InChI=1S/C22H27N5O5/c1-14(2)32-22(29)25-17-11-18-20(24-12-17)27-19(26-18)15-6-4-7-16(10-15)21(28)23-8-5-9-31-13-30-3/h4,6-7,10-12,14H,5,8-9,13H2,1-3H3,(H,23,28)(H,25,29)(H,24,26,27). The van der Waals surface area contributed by atoms with E-state index in [1.807, 2.05) is 6.07 Å². The molecule has 3 rings (SSSR count). The summed E-state index contributed by atoms with van der Waals surface area (Å²) < 4.78 is 15.1. The first-order valence-corrected chi connectivity index (χ1v) is 10.2. The second-order valence-corrected chi connectivity index (χ2v) is 7.26. The molecule has 0 spiro atoms. The van der Waals surface area contributed by atoms with Crippen molar-refractivity contribution in [3.05, 3.63) is 42.1 Å². The fourth-order valence-electron chi connectivity index (χ4n) is 2.89. The van der Waals surface area contributed by atoms with E-state index in [1.54, 1.807) is 45.2 Å². The molecule has 0 unspecified atom stereocenters. The first-order chi connectivity index (χ1) is 15.5. The van der Waals surface area contributed by atoms with E-state index in [2.05, 4.69) is 25.6 Å². The van der Waals surface area contributed by atoms with E-state index in [-0.39, 0.29) is 18.8 Å². The number of carbonyl (C=O) groups excluding carboxylic acids is 2. The van der Waals surface area contributed by atoms with Gasteiger partial charge in [0.05, 0.1) is 30.1 Å². The lowest BCUT2D eigenvalue weighted by atomic mass is 10.1. The Hall–Kier alpha value is -3.50. The number of nitrogens with one attached hydrogen (secondary N) is 3. The Balaban J connectivity index is 1.66. The van der Waals surface area contributed by atoms with Crippen LogP contribution in [0, 0.1) is 0 Å². The molecule has 10 nitrogen and oxygen atoms in total. The summed E-state index contributed by atoms with van der Waals surface area (Å²) in [5, 5.41) is 5.50. The summed E-state index contributed by atoms with van der Waals surface area (Å²) in [5.41, 5.74) is 2.89. The van der Waals surface area contributed by atoms with Crippen LogP contribution in [0.1, 0.15) is 30.6 Å². The minimum atomic E-state index is -0.551. The lowest BCUT2D eigenvalue weighted by Crippen LogP contribution is -2.25. The van der Waals surface area contributed by atoms with Crippen LogP contribution in [0.3, 0.4) is 0 Å². The molecule has 32 heavy (non-hydrogen) atoms. The van der Waals surface area contributed by atoms with Gasteiger partial charge >= 0.3 is 6.09 Å². The minimum absolute atomic E-state index is 0.178. The Labute approximate surface area is 185 Å². The van der Waals surface area contributed by atoms with Crippen LogP contribution in [-0.2, 0) is 14.2 Å². The van der Waals surface area contributed by atoms with Crippen molar-refractivity contribution in [2.45, 2.75) is 26.4 Å². The molecular weight excluding hydrogens is 414 g/mol. The summed E-state index contributed by atoms with van der Waals surface area (Å²) in [7, 11) is 1.56. The van der Waals surface area contributed by atoms with Gasteiger partial charge in [-0.1, -0.05) is 12.1 Å². The third kappa shape index (κ3) is 6.50. The molecule has 0 fully saturated rings. The molecule has 0 aliphatic heterocycles. The number of benzene rings is 1. The first kappa shape index (κ1) is 23.2. The Bertz CT molecular complexity index is 1070. The van der Waals surface area contributed by atoms with Crippen molar-refractivity contribution in [1.82, 2.24) is 20.3 Å². The van der Waals surface area contributed by atoms with E-state index >= 15 is 0 Å². The summed E-state index contributed by atoms with van der Waals surface area (Å²) in [6.45, 7) is 4.78. The van der Waals surface area contributed by atoms with E-state index in [0.29, 0.717) is 47.8 Å². The number of anilines is 1. The zero-order valence-corrected chi connectivity index (χ0v) is 18.3. The summed E-state index contributed by atoms with van der Waals surface area (Å²) in [4.78, 5) is 36.2. The van der Waals surface area contributed by atoms with E-state index in [9.17, 15) is 9.59 Å². The van der Waals surface area contributed by atoms with Gasteiger partial charge in [-0.05, 0) is 38.5 Å². The maximum atomic E-state index is 12.4. The van der Waals surface area contributed by atoms with Crippen molar-refractivity contribution in [3.63, 3.8) is 0 Å².